The van der Waals surface area contributed by atoms with Gasteiger partial charge in [0.1, 0.15) is 5.76 Å². The van der Waals surface area contributed by atoms with Gasteiger partial charge in [0.05, 0.1) is 17.2 Å². The Morgan fingerprint density at radius 2 is 1.92 bits per heavy atom. The fraction of sp³-hybridized carbons (Fsp3) is 0.389. The standard InChI is InChI=1S/C18H22N2O4S/c1-20(2)16(17-4-3-11-24-17)12-19-25(22,23)15-9-7-14(8-10-15)18(21)13-5-6-13/h3-4,7-11,13,16,19H,5-6,12H2,1-2H3. The maximum atomic E-state index is 12.5. The van der Waals surface area contributed by atoms with Gasteiger partial charge in [0.25, 0.3) is 0 Å². The first-order valence-corrected chi connectivity index (χ1v) is 9.70. The van der Waals surface area contributed by atoms with Gasteiger partial charge < -0.3 is 4.42 Å². The molecule has 7 heteroatoms. The van der Waals surface area contributed by atoms with Gasteiger partial charge in [-0.25, -0.2) is 13.1 Å². The lowest BCUT2D eigenvalue weighted by molar-refractivity contribution is 0.0967. The van der Waals surface area contributed by atoms with E-state index in [0.717, 1.165) is 12.8 Å². The molecule has 0 spiro atoms. The van der Waals surface area contributed by atoms with Crippen molar-refractivity contribution in [2.24, 2.45) is 5.92 Å². The van der Waals surface area contributed by atoms with Gasteiger partial charge in [0, 0.05) is 18.0 Å². The third kappa shape index (κ3) is 4.18. The zero-order chi connectivity index (χ0) is 18.0. The van der Waals surface area contributed by atoms with Crippen molar-refractivity contribution < 1.29 is 17.6 Å². The minimum atomic E-state index is -3.66. The number of carbonyl (C=O) groups excluding carboxylic acids is 1. The van der Waals surface area contributed by atoms with E-state index in [4.69, 9.17) is 4.42 Å². The lowest BCUT2D eigenvalue weighted by atomic mass is 10.1. The summed E-state index contributed by atoms with van der Waals surface area (Å²) in [7, 11) is 0.0651. The second kappa shape index (κ2) is 7.11. The highest BCUT2D eigenvalue weighted by Gasteiger charge is 2.30. The summed E-state index contributed by atoms with van der Waals surface area (Å²) in [6.07, 6.45) is 3.42. The maximum Gasteiger partial charge on any atom is 0.240 e. The van der Waals surface area contributed by atoms with Gasteiger partial charge in [-0.05, 0) is 51.2 Å². The number of nitrogens with one attached hydrogen (secondary N) is 1. The Kier molecular flexibility index (Phi) is 5.08. The predicted molar refractivity (Wildman–Crippen MR) is 93.8 cm³/mol. The molecule has 25 heavy (non-hydrogen) atoms. The summed E-state index contributed by atoms with van der Waals surface area (Å²) < 4.78 is 33.0. The van der Waals surface area contributed by atoms with Crippen molar-refractivity contribution in [3.05, 3.63) is 54.0 Å². The highest BCUT2D eigenvalue weighted by atomic mass is 32.2. The van der Waals surface area contributed by atoms with Crippen LogP contribution >= 0.6 is 0 Å². The number of ketones is 1. The zero-order valence-corrected chi connectivity index (χ0v) is 15.1. The van der Waals surface area contributed by atoms with E-state index in [9.17, 15) is 13.2 Å². The van der Waals surface area contributed by atoms with Crippen molar-refractivity contribution in [1.82, 2.24) is 9.62 Å². The lowest BCUT2D eigenvalue weighted by Gasteiger charge is -2.22. The lowest BCUT2D eigenvalue weighted by Crippen LogP contribution is -2.34. The molecule has 1 unspecified atom stereocenters. The maximum absolute atomic E-state index is 12.5. The number of rotatable bonds is 8. The molecule has 1 aliphatic rings. The fourth-order valence-corrected chi connectivity index (χ4v) is 3.71. The Balaban J connectivity index is 1.69. The molecule has 0 radical (unpaired) electrons. The molecule has 1 saturated carbocycles. The van der Waals surface area contributed by atoms with Crippen LogP contribution in [0.3, 0.4) is 0 Å². The summed E-state index contributed by atoms with van der Waals surface area (Å²) >= 11 is 0. The van der Waals surface area contributed by atoms with E-state index >= 15 is 0 Å². The van der Waals surface area contributed by atoms with Gasteiger partial charge in [0.2, 0.25) is 10.0 Å². The van der Waals surface area contributed by atoms with Crippen LogP contribution in [0.4, 0.5) is 0 Å². The molecule has 1 aliphatic carbocycles. The normalized spacial score (nSPS) is 16.1. The summed E-state index contributed by atoms with van der Waals surface area (Å²) in [5.74, 6) is 0.912. The largest absolute Gasteiger partial charge is 0.468 e. The van der Waals surface area contributed by atoms with Crippen molar-refractivity contribution in [3.8, 4) is 0 Å². The van der Waals surface area contributed by atoms with Crippen LogP contribution in [0, 0.1) is 5.92 Å². The summed E-state index contributed by atoms with van der Waals surface area (Å²) in [5.41, 5.74) is 0.572. The Morgan fingerprint density at radius 3 is 2.44 bits per heavy atom. The molecule has 1 fully saturated rings. The molecule has 0 saturated heterocycles. The second-order valence-electron chi connectivity index (χ2n) is 6.51. The summed E-state index contributed by atoms with van der Waals surface area (Å²) in [5, 5.41) is 0. The molecule has 1 atom stereocenters. The van der Waals surface area contributed by atoms with Crippen LogP contribution in [-0.4, -0.2) is 39.7 Å². The fourth-order valence-electron chi connectivity index (χ4n) is 2.67. The summed E-state index contributed by atoms with van der Waals surface area (Å²) in [6.45, 7) is 0.186. The number of furan rings is 1. The molecule has 1 aromatic heterocycles. The second-order valence-corrected chi connectivity index (χ2v) is 8.28. The molecule has 1 N–H and O–H groups in total. The molecule has 1 heterocycles. The van der Waals surface area contributed by atoms with Gasteiger partial charge >= 0.3 is 0 Å². The van der Waals surface area contributed by atoms with Crippen LogP contribution in [0.2, 0.25) is 0 Å². The molecular weight excluding hydrogens is 340 g/mol. The predicted octanol–water partition coefficient (Wildman–Crippen LogP) is 2.45. The van der Waals surface area contributed by atoms with E-state index in [1.165, 1.54) is 12.1 Å². The molecular formula is C18H22N2O4S. The Morgan fingerprint density at radius 1 is 1.24 bits per heavy atom. The van der Waals surface area contributed by atoms with Crippen molar-refractivity contribution in [2.75, 3.05) is 20.6 Å². The number of benzene rings is 1. The van der Waals surface area contributed by atoms with Crippen molar-refractivity contribution in [3.63, 3.8) is 0 Å². The minimum Gasteiger partial charge on any atom is -0.468 e. The Bertz CT molecular complexity index is 822. The van der Waals surface area contributed by atoms with E-state index in [0.29, 0.717) is 11.3 Å². The van der Waals surface area contributed by atoms with Crippen molar-refractivity contribution >= 4 is 15.8 Å². The Hall–Kier alpha value is -1.96. The van der Waals surface area contributed by atoms with E-state index in [1.54, 1.807) is 24.5 Å². The monoisotopic (exact) mass is 362 g/mol. The number of hydrogen-bond donors (Lipinski definition) is 1. The van der Waals surface area contributed by atoms with Gasteiger partial charge in [-0.1, -0.05) is 12.1 Å². The van der Waals surface area contributed by atoms with Gasteiger partial charge in [-0.2, -0.15) is 0 Å². The Labute approximate surface area is 147 Å². The number of hydrogen-bond acceptors (Lipinski definition) is 5. The van der Waals surface area contributed by atoms with Crippen LogP contribution in [0.25, 0.3) is 0 Å². The zero-order valence-electron chi connectivity index (χ0n) is 14.3. The van der Waals surface area contributed by atoms with Crippen LogP contribution in [0.15, 0.2) is 52.0 Å². The van der Waals surface area contributed by atoms with Gasteiger partial charge in [0.15, 0.2) is 5.78 Å². The smallest absolute Gasteiger partial charge is 0.240 e. The van der Waals surface area contributed by atoms with E-state index in [2.05, 4.69) is 4.72 Å². The first-order chi connectivity index (χ1) is 11.9. The third-order valence-electron chi connectivity index (χ3n) is 4.36. The average Bonchev–Trinajstić information content (AvgIpc) is 3.30. The van der Waals surface area contributed by atoms with Crippen LogP contribution < -0.4 is 4.72 Å². The number of likely N-dealkylation sites (N-methyl/N-ethyl adjacent to an activating group) is 1. The summed E-state index contributed by atoms with van der Waals surface area (Å²) in [6, 6.07) is 9.52. The number of nitrogens with zero attached hydrogens (tertiary/aromatic N) is 1. The highest BCUT2D eigenvalue weighted by molar-refractivity contribution is 7.89. The summed E-state index contributed by atoms with van der Waals surface area (Å²) in [4.78, 5) is 14.0. The minimum absolute atomic E-state index is 0.0994. The number of Topliss-reactive ketones (excluding diaryl/α,β-unsaturated/α-hetero) is 1. The number of sulfonamides is 1. The third-order valence-corrected chi connectivity index (χ3v) is 5.80. The van der Waals surface area contributed by atoms with Crippen LogP contribution in [0.1, 0.15) is 35.0 Å². The average molecular weight is 362 g/mol. The first-order valence-electron chi connectivity index (χ1n) is 8.22. The molecule has 0 bridgehead atoms. The molecule has 0 aliphatic heterocycles. The van der Waals surface area contributed by atoms with E-state index in [1.807, 2.05) is 25.1 Å². The van der Waals surface area contributed by atoms with Gasteiger partial charge in [-0.15, -0.1) is 0 Å². The quantitative estimate of drug-likeness (QED) is 0.730. The topological polar surface area (TPSA) is 79.6 Å². The molecule has 6 nitrogen and oxygen atoms in total. The first kappa shape index (κ1) is 17.8. The number of carbonyl (C=O) groups is 1. The van der Waals surface area contributed by atoms with Crippen molar-refractivity contribution in [2.45, 2.75) is 23.8 Å². The molecule has 1 aromatic carbocycles. The van der Waals surface area contributed by atoms with Crippen LogP contribution in [0.5, 0.6) is 0 Å². The molecule has 0 amide bonds. The molecule has 134 valence electrons. The van der Waals surface area contributed by atoms with Crippen molar-refractivity contribution in [1.29, 1.82) is 0 Å². The SMILES string of the molecule is CN(C)C(CNS(=O)(=O)c1ccc(C(=O)C2CC2)cc1)c1ccco1. The molecule has 2 aromatic rings. The van der Waals surface area contributed by atoms with E-state index < -0.39 is 10.0 Å². The highest BCUT2D eigenvalue weighted by Crippen LogP contribution is 2.32. The molecule has 3 rings (SSSR count). The van der Waals surface area contributed by atoms with Crippen LogP contribution in [-0.2, 0) is 10.0 Å². The van der Waals surface area contributed by atoms with Gasteiger partial charge in [-0.3, -0.25) is 9.69 Å². The van der Waals surface area contributed by atoms with E-state index in [-0.39, 0.29) is 29.2 Å².